The second-order valence-electron chi connectivity index (χ2n) is 6.30. The van der Waals surface area contributed by atoms with Crippen molar-refractivity contribution in [3.05, 3.63) is 48.5 Å². The molecule has 0 radical (unpaired) electrons. The van der Waals surface area contributed by atoms with Crippen molar-refractivity contribution in [1.82, 2.24) is 4.57 Å². The minimum atomic E-state index is -0.457. The average molecular weight is 366 g/mol. The minimum Gasteiger partial charge on any atom is -0.495 e. The molecule has 0 aliphatic heterocycles. The number of anilines is 1. The standard InChI is InChI=1S/C20H22N4O3/c1-13(2)24-16-10-6-4-8-14(16)19(20(24)26)23-22-18(25)12-21-15-9-5-7-11-17(15)27-3/h4-11,13,21,26H,12H2,1-3H3. The van der Waals surface area contributed by atoms with Crippen LogP contribution in [0.25, 0.3) is 10.9 Å². The second kappa shape index (κ2) is 7.90. The lowest BCUT2D eigenvalue weighted by Gasteiger charge is -2.10. The first-order valence-corrected chi connectivity index (χ1v) is 8.66. The van der Waals surface area contributed by atoms with Gasteiger partial charge in [0.15, 0.2) is 5.69 Å². The Labute approximate surface area is 157 Å². The Hall–Kier alpha value is -3.35. The van der Waals surface area contributed by atoms with E-state index in [1.165, 1.54) is 0 Å². The molecule has 2 N–H and O–H groups in total. The smallest absolute Gasteiger partial charge is 0.283 e. The van der Waals surface area contributed by atoms with Gasteiger partial charge >= 0.3 is 0 Å². The summed E-state index contributed by atoms with van der Waals surface area (Å²) in [6, 6.07) is 14.8. The first-order valence-electron chi connectivity index (χ1n) is 8.66. The van der Waals surface area contributed by atoms with Gasteiger partial charge < -0.3 is 19.7 Å². The highest BCUT2D eigenvalue weighted by Gasteiger charge is 2.18. The van der Waals surface area contributed by atoms with Crippen molar-refractivity contribution in [2.75, 3.05) is 19.0 Å². The van der Waals surface area contributed by atoms with Gasteiger partial charge in [0, 0.05) is 11.4 Å². The van der Waals surface area contributed by atoms with E-state index in [-0.39, 0.29) is 18.5 Å². The van der Waals surface area contributed by atoms with Crippen molar-refractivity contribution in [1.29, 1.82) is 0 Å². The number of nitrogens with one attached hydrogen (secondary N) is 1. The summed E-state index contributed by atoms with van der Waals surface area (Å²) in [7, 11) is 1.56. The third kappa shape index (κ3) is 3.76. The fraction of sp³-hybridized carbons (Fsp3) is 0.250. The SMILES string of the molecule is COc1ccccc1NCC(=O)N=Nc1c(O)n(C(C)C)c2ccccc12. The molecular formula is C20H22N4O3. The van der Waals surface area contributed by atoms with E-state index in [1.807, 2.05) is 56.3 Å². The number of ether oxygens (including phenoxy) is 1. The van der Waals surface area contributed by atoms with Crippen LogP contribution in [0.3, 0.4) is 0 Å². The number of hydrogen-bond donors (Lipinski definition) is 2. The summed E-state index contributed by atoms with van der Waals surface area (Å²) < 4.78 is 7.00. The Morgan fingerprint density at radius 2 is 1.89 bits per heavy atom. The Kier molecular flexibility index (Phi) is 5.40. The molecule has 7 nitrogen and oxygen atoms in total. The number of rotatable bonds is 6. The Bertz CT molecular complexity index is 992. The summed E-state index contributed by atoms with van der Waals surface area (Å²) in [6.45, 7) is 3.90. The van der Waals surface area contributed by atoms with Crippen LogP contribution in [0.15, 0.2) is 58.8 Å². The highest BCUT2D eigenvalue weighted by Crippen LogP contribution is 2.40. The van der Waals surface area contributed by atoms with Crippen LogP contribution in [0.2, 0.25) is 0 Å². The van der Waals surface area contributed by atoms with Crippen LogP contribution in [0, 0.1) is 0 Å². The van der Waals surface area contributed by atoms with E-state index in [0.29, 0.717) is 17.1 Å². The van der Waals surface area contributed by atoms with Crippen molar-refractivity contribution in [3.63, 3.8) is 0 Å². The summed E-state index contributed by atoms with van der Waals surface area (Å²) in [5.41, 5.74) is 1.84. The summed E-state index contributed by atoms with van der Waals surface area (Å²) in [5.74, 6) is 0.182. The van der Waals surface area contributed by atoms with Gasteiger partial charge in [-0.2, -0.15) is 0 Å². The molecule has 7 heteroatoms. The molecule has 0 fully saturated rings. The molecule has 2 aromatic carbocycles. The Balaban J connectivity index is 1.80. The molecule has 0 saturated carbocycles. The predicted molar refractivity (Wildman–Crippen MR) is 105 cm³/mol. The monoisotopic (exact) mass is 366 g/mol. The quantitative estimate of drug-likeness (QED) is 0.621. The number of aromatic nitrogens is 1. The Morgan fingerprint density at radius 3 is 2.63 bits per heavy atom. The van der Waals surface area contributed by atoms with E-state index in [4.69, 9.17) is 4.74 Å². The van der Waals surface area contributed by atoms with E-state index in [9.17, 15) is 9.90 Å². The molecule has 0 aliphatic rings. The summed E-state index contributed by atoms with van der Waals surface area (Å²) in [6.07, 6.45) is 0. The van der Waals surface area contributed by atoms with E-state index in [2.05, 4.69) is 15.5 Å². The van der Waals surface area contributed by atoms with Gasteiger partial charge in [-0.25, -0.2) is 0 Å². The number of methoxy groups -OCH3 is 1. The number of hydrogen-bond acceptors (Lipinski definition) is 5. The maximum Gasteiger partial charge on any atom is 0.283 e. The summed E-state index contributed by atoms with van der Waals surface area (Å²) in [4.78, 5) is 12.1. The van der Waals surface area contributed by atoms with Crippen LogP contribution in [-0.4, -0.2) is 29.2 Å². The Morgan fingerprint density at radius 1 is 1.19 bits per heavy atom. The zero-order valence-corrected chi connectivity index (χ0v) is 15.5. The highest BCUT2D eigenvalue weighted by molar-refractivity contribution is 5.95. The molecule has 1 heterocycles. The lowest BCUT2D eigenvalue weighted by Crippen LogP contribution is -2.11. The van der Waals surface area contributed by atoms with Crippen molar-refractivity contribution in [2.45, 2.75) is 19.9 Å². The molecule has 3 aromatic rings. The number of nitrogens with zero attached hydrogens (tertiary/aromatic N) is 3. The van der Waals surface area contributed by atoms with Gasteiger partial charge in [-0.05, 0) is 32.0 Å². The van der Waals surface area contributed by atoms with Crippen LogP contribution in [0.4, 0.5) is 11.4 Å². The van der Waals surface area contributed by atoms with E-state index in [1.54, 1.807) is 17.7 Å². The first-order chi connectivity index (χ1) is 13.0. The molecule has 3 rings (SSSR count). The largest absolute Gasteiger partial charge is 0.495 e. The second-order valence-corrected chi connectivity index (χ2v) is 6.30. The van der Waals surface area contributed by atoms with Crippen LogP contribution >= 0.6 is 0 Å². The van der Waals surface area contributed by atoms with Crippen molar-refractivity contribution in [3.8, 4) is 11.6 Å². The fourth-order valence-corrected chi connectivity index (χ4v) is 2.96. The van der Waals surface area contributed by atoms with E-state index >= 15 is 0 Å². The number of amides is 1. The minimum absolute atomic E-state index is 0.000405. The highest BCUT2D eigenvalue weighted by atomic mass is 16.5. The van der Waals surface area contributed by atoms with Gasteiger partial charge in [0.1, 0.15) is 5.75 Å². The maximum atomic E-state index is 12.1. The zero-order chi connectivity index (χ0) is 19.4. The summed E-state index contributed by atoms with van der Waals surface area (Å²) >= 11 is 0. The molecule has 0 aliphatic carbocycles. The van der Waals surface area contributed by atoms with Gasteiger partial charge in [-0.15, -0.1) is 10.2 Å². The van der Waals surface area contributed by atoms with Gasteiger partial charge in [-0.3, -0.25) is 4.79 Å². The molecule has 0 unspecified atom stereocenters. The molecule has 0 spiro atoms. The van der Waals surface area contributed by atoms with E-state index in [0.717, 1.165) is 10.9 Å². The van der Waals surface area contributed by atoms with Crippen molar-refractivity contribution in [2.24, 2.45) is 10.2 Å². The molecule has 0 atom stereocenters. The van der Waals surface area contributed by atoms with Crippen molar-refractivity contribution < 1.29 is 14.6 Å². The van der Waals surface area contributed by atoms with Crippen LogP contribution in [0.1, 0.15) is 19.9 Å². The fourth-order valence-electron chi connectivity index (χ4n) is 2.96. The molecule has 140 valence electrons. The van der Waals surface area contributed by atoms with E-state index < -0.39 is 5.91 Å². The number of azo groups is 1. The maximum absolute atomic E-state index is 12.1. The molecule has 1 amide bonds. The van der Waals surface area contributed by atoms with Crippen LogP contribution in [0.5, 0.6) is 11.6 Å². The third-order valence-corrected chi connectivity index (χ3v) is 4.17. The van der Waals surface area contributed by atoms with Crippen molar-refractivity contribution >= 4 is 28.2 Å². The molecule has 0 bridgehead atoms. The van der Waals surface area contributed by atoms with Gasteiger partial charge in [-0.1, -0.05) is 30.3 Å². The van der Waals surface area contributed by atoms with Gasteiger partial charge in [0.25, 0.3) is 5.91 Å². The average Bonchev–Trinajstić information content (AvgIpc) is 2.96. The number of aromatic hydroxyl groups is 1. The third-order valence-electron chi connectivity index (χ3n) is 4.17. The molecule has 27 heavy (non-hydrogen) atoms. The number of carbonyl (C=O) groups excluding carboxylic acids is 1. The summed E-state index contributed by atoms with van der Waals surface area (Å²) in [5, 5.41) is 22.0. The lowest BCUT2D eigenvalue weighted by molar-refractivity contribution is -0.116. The van der Waals surface area contributed by atoms with Crippen LogP contribution < -0.4 is 10.1 Å². The number of para-hydroxylation sites is 3. The van der Waals surface area contributed by atoms with Gasteiger partial charge in [0.05, 0.1) is 24.9 Å². The number of fused-ring (bicyclic) bond motifs is 1. The number of carbonyl (C=O) groups is 1. The first kappa shape index (κ1) is 18.4. The molecular weight excluding hydrogens is 344 g/mol. The topological polar surface area (TPSA) is 88.2 Å². The molecule has 1 aromatic heterocycles. The lowest BCUT2D eigenvalue weighted by atomic mass is 10.2. The normalized spacial score (nSPS) is 11.4. The van der Waals surface area contributed by atoms with Gasteiger partial charge in [0.2, 0.25) is 5.88 Å². The van der Waals surface area contributed by atoms with Crippen LogP contribution in [-0.2, 0) is 4.79 Å². The molecule has 0 saturated heterocycles. The number of benzene rings is 2. The predicted octanol–water partition coefficient (Wildman–Crippen LogP) is 4.66. The zero-order valence-electron chi connectivity index (χ0n) is 15.5.